The summed E-state index contributed by atoms with van der Waals surface area (Å²) in [6.45, 7) is 1.95. The van der Waals surface area contributed by atoms with E-state index in [2.05, 4.69) is 9.97 Å². The molecule has 0 radical (unpaired) electrons. The number of nitrogens with two attached hydrogens (primary N) is 1. The summed E-state index contributed by atoms with van der Waals surface area (Å²) in [6, 6.07) is 10.8. The lowest BCUT2D eigenvalue weighted by molar-refractivity contribution is -0.137. The van der Waals surface area contributed by atoms with Gasteiger partial charge in [0, 0.05) is 11.8 Å². The summed E-state index contributed by atoms with van der Waals surface area (Å²) in [5, 5.41) is 0. The average molecular weight is 415 g/mol. The summed E-state index contributed by atoms with van der Waals surface area (Å²) in [5.74, 6) is 1.45. The van der Waals surface area contributed by atoms with Crippen molar-refractivity contribution < 1.29 is 17.9 Å². The molecule has 1 saturated carbocycles. The average Bonchev–Trinajstić information content (AvgIpc) is 3.21. The number of rotatable bonds is 4. The zero-order chi connectivity index (χ0) is 21.4. The molecular formula is C23H24F3N3O. The van der Waals surface area contributed by atoms with Crippen LogP contribution in [-0.2, 0) is 11.7 Å². The number of halogens is 3. The SMILES string of the molecule is Cc1ccc(Oc2ccc(C(F)(F)F)cc2-c2c[nH]c(C3(N)CCCCC3)n2)cc1. The Morgan fingerprint density at radius 2 is 1.73 bits per heavy atom. The number of alkyl halides is 3. The summed E-state index contributed by atoms with van der Waals surface area (Å²) in [5.41, 5.74) is 6.93. The third-order valence-corrected chi connectivity index (χ3v) is 5.63. The van der Waals surface area contributed by atoms with E-state index < -0.39 is 17.3 Å². The Kier molecular flexibility index (Phi) is 5.32. The van der Waals surface area contributed by atoms with Crippen LogP contribution in [0.5, 0.6) is 11.5 Å². The Labute approximate surface area is 173 Å². The lowest BCUT2D eigenvalue weighted by Crippen LogP contribution is -2.39. The molecule has 0 atom stereocenters. The maximum absolute atomic E-state index is 13.4. The van der Waals surface area contributed by atoms with Crippen LogP contribution in [0.1, 0.15) is 49.1 Å². The molecule has 0 aliphatic heterocycles. The van der Waals surface area contributed by atoms with E-state index in [1.165, 1.54) is 6.07 Å². The first kappa shape index (κ1) is 20.5. The van der Waals surface area contributed by atoms with Crippen molar-refractivity contribution in [2.45, 2.75) is 50.7 Å². The van der Waals surface area contributed by atoms with Gasteiger partial charge in [0.15, 0.2) is 0 Å². The second-order valence-corrected chi connectivity index (χ2v) is 7.97. The molecule has 0 bridgehead atoms. The molecule has 0 spiro atoms. The number of imidazole rings is 1. The topological polar surface area (TPSA) is 63.9 Å². The number of benzene rings is 2. The largest absolute Gasteiger partial charge is 0.457 e. The zero-order valence-electron chi connectivity index (χ0n) is 16.7. The highest BCUT2D eigenvalue weighted by molar-refractivity contribution is 5.69. The summed E-state index contributed by atoms with van der Waals surface area (Å²) in [4.78, 5) is 7.69. The highest BCUT2D eigenvalue weighted by Crippen LogP contribution is 2.40. The molecular weight excluding hydrogens is 391 g/mol. The van der Waals surface area contributed by atoms with Gasteiger partial charge in [-0.3, -0.25) is 0 Å². The van der Waals surface area contributed by atoms with Gasteiger partial charge < -0.3 is 15.5 Å². The number of ether oxygens (including phenoxy) is 1. The number of H-pyrrole nitrogens is 1. The van der Waals surface area contributed by atoms with Gasteiger partial charge in [0.2, 0.25) is 0 Å². The Bertz CT molecular complexity index is 1020. The van der Waals surface area contributed by atoms with Crippen molar-refractivity contribution in [3.63, 3.8) is 0 Å². The molecule has 1 aliphatic carbocycles. The molecule has 158 valence electrons. The summed E-state index contributed by atoms with van der Waals surface area (Å²) in [6.07, 6.45) is 1.90. The Hall–Kier alpha value is -2.80. The number of aromatic nitrogens is 2. The van der Waals surface area contributed by atoms with Crippen molar-refractivity contribution in [2.24, 2.45) is 5.73 Å². The second kappa shape index (κ2) is 7.80. The van der Waals surface area contributed by atoms with Crippen molar-refractivity contribution >= 4 is 0 Å². The van der Waals surface area contributed by atoms with Gasteiger partial charge in [-0.05, 0) is 50.1 Å². The third-order valence-electron chi connectivity index (χ3n) is 5.63. The first-order valence-corrected chi connectivity index (χ1v) is 10.1. The van der Waals surface area contributed by atoms with Crippen molar-refractivity contribution in [1.82, 2.24) is 9.97 Å². The number of nitrogens with one attached hydrogen (secondary N) is 1. The number of aromatic amines is 1. The highest BCUT2D eigenvalue weighted by atomic mass is 19.4. The van der Waals surface area contributed by atoms with Gasteiger partial charge in [-0.25, -0.2) is 4.98 Å². The first-order chi connectivity index (χ1) is 14.2. The molecule has 30 heavy (non-hydrogen) atoms. The molecule has 1 heterocycles. The Morgan fingerprint density at radius 1 is 1.03 bits per heavy atom. The number of hydrogen-bond acceptors (Lipinski definition) is 3. The molecule has 1 aromatic heterocycles. The fourth-order valence-electron chi connectivity index (χ4n) is 3.86. The highest BCUT2D eigenvalue weighted by Gasteiger charge is 2.34. The van der Waals surface area contributed by atoms with E-state index in [9.17, 15) is 13.2 Å². The molecule has 0 amide bonds. The van der Waals surface area contributed by atoms with Crippen LogP contribution in [0.2, 0.25) is 0 Å². The van der Waals surface area contributed by atoms with Crippen molar-refractivity contribution in [2.75, 3.05) is 0 Å². The van der Waals surface area contributed by atoms with E-state index in [0.29, 0.717) is 23.0 Å². The Balaban J connectivity index is 1.74. The lowest BCUT2D eigenvalue weighted by Gasteiger charge is -2.31. The number of aryl methyl sites for hydroxylation is 1. The van der Waals surface area contributed by atoms with Gasteiger partial charge in [0.1, 0.15) is 17.3 Å². The molecule has 4 rings (SSSR count). The smallest absolute Gasteiger partial charge is 0.416 e. The normalized spacial score (nSPS) is 16.4. The standard InChI is InChI=1S/C23H24F3N3O/c1-15-5-8-17(9-6-15)30-20-10-7-16(23(24,25)26)13-18(20)19-14-28-21(29-19)22(27)11-3-2-4-12-22/h5-10,13-14H,2-4,11-12,27H2,1H3,(H,28,29). The summed E-state index contributed by atoms with van der Waals surface area (Å²) < 4.78 is 46.0. The molecule has 3 N–H and O–H groups in total. The molecule has 2 aromatic carbocycles. The van der Waals surface area contributed by atoms with Crippen LogP contribution in [0.4, 0.5) is 13.2 Å². The monoisotopic (exact) mass is 415 g/mol. The van der Waals surface area contributed by atoms with Crippen molar-refractivity contribution in [1.29, 1.82) is 0 Å². The quantitative estimate of drug-likeness (QED) is 0.524. The lowest BCUT2D eigenvalue weighted by atomic mass is 9.82. The van der Waals surface area contributed by atoms with Gasteiger partial charge in [-0.1, -0.05) is 37.0 Å². The van der Waals surface area contributed by atoms with Crippen LogP contribution in [0.3, 0.4) is 0 Å². The van der Waals surface area contributed by atoms with Crippen LogP contribution in [0.25, 0.3) is 11.3 Å². The number of hydrogen-bond donors (Lipinski definition) is 2. The number of nitrogens with zero attached hydrogens (tertiary/aromatic N) is 1. The van der Waals surface area contributed by atoms with E-state index in [1.807, 2.05) is 19.1 Å². The van der Waals surface area contributed by atoms with E-state index in [1.54, 1.807) is 18.3 Å². The minimum absolute atomic E-state index is 0.271. The summed E-state index contributed by atoms with van der Waals surface area (Å²) in [7, 11) is 0. The first-order valence-electron chi connectivity index (χ1n) is 10.1. The fourth-order valence-corrected chi connectivity index (χ4v) is 3.86. The van der Waals surface area contributed by atoms with E-state index in [0.717, 1.165) is 49.8 Å². The van der Waals surface area contributed by atoms with Crippen LogP contribution >= 0.6 is 0 Å². The van der Waals surface area contributed by atoms with Crippen molar-refractivity contribution in [3.05, 3.63) is 65.6 Å². The van der Waals surface area contributed by atoms with Crippen LogP contribution in [0, 0.1) is 6.92 Å². The summed E-state index contributed by atoms with van der Waals surface area (Å²) >= 11 is 0. The zero-order valence-corrected chi connectivity index (χ0v) is 16.7. The minimum Gasteiger partial charge on any atom is -0.457 e. The van der Waals surface area contributed by atoms with Gasteiger partial charge in [-0.15, -0.1) is 0 Å². The van der Waals surface area contributed by atoms with Gasteiger partial charge in [0.05, 0.1) is 16.8 Å². The van der Waals surface area contributed by atoms with Gasteiger partial charge >= 0.3 is 6.18 Å². The molecule has 4 nitrogen and oxygen atoms in total. The fraction of sp³-hybridized carbons (Fsp3) is 0.348. The molecule has 0 saturated heterocycles. The predicted molar refractivity (Wildman–Crippen MR) is 109 cm³/mol. The molecule has 1 fully saturated rings. The van der Waals surface area contributed by atoms with E-state index in [-0.39, 0.29) is 5.56 Å². The third kappa shape index (κ3) is 4.21. The van der Waals surface area contributed by atoms with E-state index in [4.69, 9.17) is 10.5 Å². The van der Waals surface area contributed by atoms with Crippen LogP contribution in [-0.4, -0.2) is 9.97 Å². The predicted octanol–water partition coefficient (Wildman–Crippen LogP) is 6.31. The van der Waals surface area contributed by atoms with Gasteiger partial charge in [0.25, 0.3) is 0 Å². The van der Waals surface area contributed by atoms with Crippen LogP contribution < -0.4 is 10.5 Å². The Morgan fingerprint density at radius 3 is 2.40 bits per heavy atom. The molecule has 3 aromatic rings. The van der Waals surface area contributed by atoms with Crippen molar-refractivity contribution in [3.8, 4) is 22.8 Å². The molecule has 0 unspecified atom stereocenters. The molecule has 1 aliphatic rings. The maximum atomic E-state index is 13.4. The van der Waals surface area contributed by atoms with Gasteiger partial charge in [-0.2, -0.15) is 13.2 Å². The molecule has 7 heteroatoms. The second-order valence-electron chi connectivity index (χ2n) is 7.97. The maximum Gasteiger partial charge on any atom is 0.416 e. The minimum atomic E-state index is -4.46. The van der Waals surface area contributed by atoms with Crippen LogP contribution in [0.15, 0.2) is 48.7 Å². The van der Waals surface area contributed by atoms with E-state index >= 15 is 0 Å².